The number of halogens is 3. The van der Waals surface area contributed by atoms with Crippen molar-refractivity contribution in [2.24, 2.45) is 0 Å². The highest BCUT2D eigenvalue weighted by atomic mass is 79.9. The number of rotatable bonds is 4. The van der Waals surface area contributed by atoms with E-state index in [1.54, 1.807) is 12.1 Å². The molecule has 104 valence electrons. The van der Waals surface area contributed by atoms with Crippen molar-refractivity contribution >= 4 is 51.0 Å². The van der Waals surface area contributed by atoms with Crippen LogP contribution in [0.15, 0.2) is 35.1 Å². The molecule has 0 saturated heterocycles. The summed E-state index contributed by atoms with van der Waals surface area (Å²) in [6, 6.07) is 4.75. The standard InChI is InChI=1S/C12H8BrCl2N3O2/c13-7-4-16-12(17-5-7)18-11(19)6-20-10-2-1-8(14)3-9(10)15/h1-5H,6H2,(H,16,17,18,19). The van der Waals surface area contributed by atoms with Crippen LogP contribution in [0.25, 0.3) is 0 Å². The highest BCUT2D eigenvalue weighted by Gasteiger charge is 2.08. The Morgan fingerprint density at radius 1 is 1.30 bits per heavy atom. The summed E-state index contributed by atoms with van der Waals surface area (Å²) in [5, 5.41) is 3.33. The molecule has 0 spiro atoms. The summed E-state index contributed by atoms with van der Waals surface area (Å²) in [5.74, 6) is 0.185. The summed E-state index contributed by atoms with van der Waals surface area (Å²) in [6.45, 7) is -0.208. The summed E-state index contributed by atoms with van der Waals surface area (Å²) < 4.78 is 6.00. The van der Waals surface area contributed by atoms with Gasteiger partial charge in [-0.25, -0.2) is 9.97 Å². The molecule has 0 fully saturated rings. The second kappa shape index (κ2) is 6.88. The van der Waals surface area contributed by atoms with Crippen molar-refractivity contribution in [2.75, 3.05) is 11.9 Å². The lowest BCUT2D eigenvalue weighted by molar-refractivity contribution is -0.118. The number of anilines is 1. The molecule has 1 heterocycles. The first-order chi connectivity index (χ1) is 9.54. The van der Waals surface area contributed by atoms with E-state index in [0.29, 0.717) is 15.8 Å². The van der Waals surface area contributed by atoms with Crippen molar-refractivity contribution in [3.8, 4) is 5.75 Å². The average molecular weight is 377 g/mol. The number of benzene rings is 1. The van der Waals surface area contributed by atoms with Crippen LogP contribution < -0.4 is 10.1 Å². The zero-order chi connectivity index (χ0) is 14.5. The Hall–Kier alpha value is -1.37. The molecule has 0 radical (unpaired) electrons. The maximum Gasteiger partial charge on any atom is 0.264 e. The van der Waals surface area contributed by atoms with Crippen LogP contribution in [-0.4, -0.2) is 22.5 Å². The zero-order valence-corrected chi connectivity index (χ0v) is 13.0. The topological polar surface area (TPSA) is 64.1 Å². The molecule has 1 amide bonds. The second-order valence-corrected chi connectivity index (χ2v) is 5.40. The van der Waals surface area contributed by atoms with Crippen LogP contribution in [-0.2, 0) is 4.79 Å². The molecule has 0 saturated carbocycles. The van der Waals surface area contributed by atoms with Crippen LogP contribution in [0.3, 0.4) is 0 Å². The van der Waals surface area contributed by atoms with Crippen LogP contribution >= 0.6 is 39.1 Å². The number of carbonyl (C=O) groups is 1. The minimum absolute atomic E-state index is 0.198. The first-order valence-electron chi connectivity index (χ1n) is 5.40. The predicted molar refractivity (Wildman–Crippen MR) is 80.3 cm³/mol. The average Bonchev–Trinajstić information content (AvgIpc) is 2.40. The smallest absolute Gasteiger partial charge is 0.264 e. The van der Waals surface area contributed by atoms with Gasteiger partial charge in [0, 0.05) is 17.4 Å². The van der Waals surface area contributed by atoms with Crippen molar-refractivity contribution in [3.05, 3.63) is 45.1 Å². The van der Waals surface area contributed by atoms with Gasteiger partial charge in [0.1, 0.15) is 5.75 Å². The van der Waals surface area contributed by atoms with Gasteiger partial charge >= 0.3 is 0 Å². The van der Waals surface area contributed by atoms with Crippen LogP contribution in [0.4, 0.5) is 5.95 Å². The third-order valence-corrected chi connectivity index (χ3v) is 3.06. The van der Waals surface area contributed by atoms with Gasteiger partial charge in [0.25, 0.3) is 5.91 Å². The lowest BCUT2D eigenvalue weighted by Gasteiger charge is -2.08. The van der Waals surface area contributed by atoms with E-state index in [-0.39, 0.29) is 12.6 Å². The molecular formula is C12H8BrCl2N3O2. The molecule has 0 aliphatic carbocycles. The summed E-state index contributed by atoms with van der Waals surface area (Å²) in [5.41, 5.74) is 0. The minimum atomic E-state index is -0.390. The number of aromatic nitrogens is 2. The molecule has 20 heavy (non-hydrogen) atoms. The molecular weight excluding hydrogens is 369 g/mol. The van der Waals surface area contributed by atoms with Crippen LogP contribution in [0.1, 0.15) is 0 Å². The quantitative estimate of drug-likeness (QED) is 0.885. The number of ether oxygens (including phenoxy) is 1. The number of hydrogen-bond acceptors (Lipinski definition) is 4. The Morgan fingerprint density at radius 3 is 2.65 bits per heavy atom. The van der Waals surface area contributed by atoms with Gasteiger partial charge in [0.05, 0.1) is 9.50 Å². The molecule has 5 nitrogen and oxygen atoms in total. The monoisotopic (exact) mass is 375 g/mol. The Kier molecular flexibility index (Phi) is 5.17. The molecule has 0 aliphatic heterocycles. The van der Waals surface area contributed by atoms with E-state index in [4.69, 9.17) is 27.9 Å². The summed E-state index contributed by atoms with van der Waals surface area (Å²) in [4.78, 5) is 19.5. The highest BCUT2D eigenvalue weighted by molar-refractivity contribution is 9.10. The maximum atomic E-state index is 11.7. The van der Waals surface area contributed by atoms with Gasteiger partial charge < -0.3 is 4.74 Å². The van der Waals surface area contributed by atoms with Gasteiger partial charge in [-0.3, -0.25) is 10.1 Å². The second-order valence-electron chi connectivity index (χ2n) is 3.64. The number of amides is 1. The number of hydrogen-bond donors (Lipinski definition) is 1. The summed E-state index contributed by atoms with van der Waals surface area (Å²) in [6.07, 6.45) is 3.05. The van der Waals surface area contributed by atoms with E-state index in [9.17, 15) is 4.79 Å². The van der Waals surface area contributed by atoms with Gasteiger partial charge in [-0.2, -0.15) is 0 Å². The molecule has 2 rings (SSSR count). The molecule has 1 N–H and O–H groups in total. The van der Waals surface area contributed by atoms with Gasteiger partial charge in [-0.15, -0.1) is 0 Å². The van der Waals surface area contributed by atoms with E-state index < -0.39 is 5.91 Å². The van der Waals surface area contributed by atoms with Gasteiger partial charge in [-0.1, -0.05) is 23.2 Å². The SMILES string of the molecule is O=C(COc1ccc(Cl)cc1Cl)Nc1ncc(Br)cn1. The van der Waals surface area contributed by atoms with Crippen molar-refractivity contribution in [1.82, 2.24) is 9.97 Å². The summed E-state index contributed by atoms with van der Waals surface area (Å²) in [7, 11) is 0. The van der Waals surface area contributed by atoms with Crippen LogP contribution in [0, 0.1) is 0 Å². The molecule has 0 atom stereocenters. The minimum Gasteiger partial charge on any atom is -0.482 e. The molecule has 0 unspecified atom stereocenters. The largest absolute Gasteiger partial charge is 0.482 e. The van der Waals surface area contributed by atoms with E-state index in [1.165, 1.54) is 18.5 Å². The van der Waals surface area contributed by atoms with Crippen molar-refractivity contribution in [3.63, 3.8) is 0 Å². The van der Waals surface area contributed by atoms with Crippen LogP contribution in [0.2, 0.25) is 10.0 Å². The number of nitrogens with one attached hydrogen (secondary N) is 1. The maximum absolute atomic E-state index is 11.7. The number of carbonyl (C=O) groups excluding carboxylic acids is 1. The zero-order valence-electron chi connectivity index (χ0n) is 9.94. The first kappa shape index (κ1) is 15.0. The van der Waals surface area contributed by atoms with Gasteiger partial charge in [0.15, 0.2) is 6.61 Å². The molecule has 8 heteroatoms. The molecule has 2 aromatic rings. The van der Waals surface area contributed by atoms with Gasteiger partial charge in [0.2, 0.25) is 5.95 Å². The van der Waals surface area contributed by atoms with Crippen molar-refractivity contribution < 1.29 is 9.53 Å². The first-order valence-corrected chi connectivity index (χ1v) is 6.95. The molecule has 1 aromatic carbocycles. The Balaban J connectivity index is 1.90. The molecule has 0 aliphatic rings. The Bertz CT molecular complexity index is 623. The van der Waals surface area contributed by atoms with Crippen LogP contribution in [0.5, 0.6) is 5.75 Å². The summed E-state index contributed by atoms with van der Waals surface area (Å²) >= 11 is 14.9. The lowest BCUT2D eigenvalue weighted by atomic mass is 10.3. The van der Waals surface area contributed by atoms with Crippen molar-refractivity contribution in [1.29, 1.82) is 0 Å². The fourth-order valence-electron chi connectivity index (χ4n) is 1.27. The Labute approximate surface area is 133 Å². The molecule has 1 aromatic heterocycles. The van der Waals surface area contributed by atoms with E-state index >= 15 is 0 Å². The predicted octanol–water partition coefficient (Wildman–Crippen LogP) is 3.56. The Morgan fingerprint density at radius 2 is 2.00 bits per heavy atom. The van der Waals surface area contributed by atoms with Crippen molar-refractivity contribution in [2.45, 2.75) is 0 Å². The fourth-order valence-corrected chi connectivity index (χ4v) is 1.94. The van der Waals surface area contributed by atoms with Gasteiger partial charge in [-0.05, 0) is 34.1 Å². The molecule has 0 bridgehead atoms. The number of nitrogens with zero attached hydrogens (tertiary/aromatic N) is 2. The normalized spacial score (nSPS) is 10.2. The fraction of sp³-hybridized carbons (Fsp3) is 0.0833. The highest BCUT2D eigenvalue weighted by Crippen LogP contribution is 2.27. The lowest BCUT2D eigenvalue weighted by Crippen LogP contribution is -2.21. The third kappa shape index (κ3) is 4.33. The van der Waals surface area contributed by atoms with E-state index in [1.807, 2.05) is 0 Å². The third-order valence-electron chi connectivity index (χ3n) is 2.12. The van der Waals surface area contributed by atoms with E-state index in [2.05, 4.69) is 31.2 Å². The van der Waals surface area contributed by atoms with E-state index in [0.717, 1.165) is 4.47 Å².